The number of methoxy groups -OCH3 is 2. The fraction of sp³-hybridized carbons (Fsp3) is 0.524. The number of halogens is 1. The summed E-state index contributed by atoms with van der Waals surface area (Å²) >= 11 is 3.44. The van der Waals surface area contributed by atoms with Gasteiger partial charge >= 0.3 is 0 Å². The van der Waals surface area contributed by atoms with Crippen molar-refractivity contribution in [3.8, 4) is 0 Å². The largest absolute Gasteiger partial charge is 0.482 e. The fourth-order valence-corrected chi connectivity index (χ4v) is 4.20. The SMILES string of the molecule is COC(CNC(=O)CN1C(=O)/C(=C\c2cccc(Br)c2)OC2CCCCC21)OC. The molecule has 158 valence electrons. The Hall–Kier alpha value is -1.90. The summed E-state index contributed by atoms with van der Waals surface area (Å²) in [4.78, 5) is 27.3. The second-order valence-electron chi connectivity index (χ2n) is 7.21. The van der Waals surface area contributed by atoms with Gasteiger partial charge in [0.25, 0.3) is 5.91 Å². The van der Waals surface area contributed by atoms with Crippen LogP contribution in [0.3, 0.4) is 0 Å². The molecule has 7 nitrogen and oxygen atoms in total. The van der Waals surface area contributed by atoms with Crippen molar-refractivity contribution in [3.63, 3.8) is 0 Å². The number of benzene rings is 1. The highest BCUT2D eigenvalue weighted by Crippen LogP contribution is 2.33. The lowest BCUT2D eigenvalue weighted by molar-refractivity contribution is -0.152. The average Bonchev–Trinajstić information content (AvgIpc) is 2.72. The van der Waals surface area contributed by atoms with Gasteiger partial charge in [0.05, 0.1) is 12.6 Å². The minimum absolute atomic E-state index is 0.0146. The van der Waals surface area contributed by atoms with E-state index >= 15 is 0 Å². The van der Waals surface area contributed by atoms with Crippen molar-refractivity contribution in [2.24, 2.45) is 0 Å². The van der Waals surface area contributed by atoms with E-state index in [-0.39, 0.29) is 42.8 Å². The molecule has 1 aromatic carbocycles. The number of amides is 2. The highest BCUT2D eigenvalue weighted by atomic mass is 79.9. The van der Waals surface area contributed by atoms with Crippen molar-refractivity contribution < 1.29 is 23.8 Å². The lowest BCUT2D eigenvalue weighted by Crippen LogP contribution is -2.57. The van der Waals surface area contributed by atoms with Gasteiger partial charge < -0.3 is 24.4 Å². The standard InChI is InChI=1S/C21H27BrN2O5/c1-27-20(28-2)12-23-19(25)13-24-16-8-3-4-9-17(16)29-18(21(24)26)11-14-6-5-7-15(22)10-14/h5-7,10-11,16-17,20H,3-4,8-9,12-13H2,1-2H3,(H,23,25)/b18-11+. The second kappa shape index (κ2) is 10.2. The first-order valence-electron chi connectivity index (χ1n) is 9.79. The van der Waals surface area contributed by atoms with Gasteiger partial charge in [-0.1, -0.05) is 34.5 Å². The molecule has 3 rings (SSSR count). The van der Waals surface area contributed by atoms with Gasteiger partial charge in [-0.2, -0.15) is 0 Å². The summed E-state index contributed by atoms with van der Waals surface area (Å²) in [6.07, 6.45) is 4.94. The quantitative estimate of drug-likeness (QED) is 0.493. The van der Waals surface area contributed by atoms with E-state index in [0.717, 1.165) is 35.7 Å². The summed E-state index contributed by atoms with van der Waals surface area (Å²) in [7, 11) is 3.02. The maximum Gasteiger partial charge on any atom is 0.289 e. The number of rotatable bonds is 7. The molecule has 1 aromatic rings. The lowest BCUT2D eigenvalue weighted by Gasteiger charge is -2.44. The lowest BCUT2D eigenvalue weighted by atomic mass is 9.89. The Balaban J connectivity index is 1.76. The maximum absolute atomic E-state index is 13.1. The highest BCUT2D eigenvalue weighted by Gasteiger charge is 2.42. The van der Waals surface area contributed by atoms with E-state index in [1.807, 2.05) is 24.3 Å². The van der Waals surface area contributed by atoms with E-state index < -0.39 is 6.29 Å². The molecule has 1 aliphatic carbocycles. The van der Waals surface area contributed by atoms with Crippen LogP contribution in [0.1, 0.15) is 31.2 Å². The van der Waals surface area contributed by atoms with E-state index in [2.05, 4.69) is 21.2 Å². The van der Waals surface area contributed by atoms with Crippen LogP contribution >= 0.6 is 15.9 Å². The molecule has 1 saturated heterocycles. The van der Waals surface area contributed by atoms with Crippen LogP contribution in [0, 0.1) is 0 Å². The third-order valence-electron chi connectivity index (χ3n) is 5.27. The molecule has 2 aliphatic rings. The first-order valence-corrected chi connectivity index (χ1v) is 10.6. The number of fused-ring (bicyclic) bond motifs is 1. The Morgan fingerprint density at radius 1 is 1.34 bits per heavy atom. The Morgan fingerprint density at radius 2 is 2.10 bits per heavy atom. The van der Waals surface area contributed by atoms with E-state index in [4.69, 9.17) is 14.2 Å². The first-order chi connectivity index (χ1) is 14.0. The summed E-state index contributed by atoms with van der Waals surface area (Å²) in [6, 6.07) is 7.58. The molecule has 2 amide bonds. The molecule has 1 saturated carbocycles. The normalized spacial score (nSPS) is 23.1. The van der Waals surface area contributed by atoms with Crippen LogP contribution in [0.5, 0.6) is 0 Å². The summed E-state index contributed by atoms with van der Waals surface area (Å²) in [5, 5.41) is 2.77. The summed E-state index contributed by atoms with van der Waals surface area (Å²) in [5.41, 5.74) is 0.865. The van der Waals surface area contributed by atoms with E-state index in [1.165, 1.54) is 14.2 Å². The van der Waals surface area contributed by atoms with Crippen LogP contribution in [0.2, 0.25) is 0 Å². The molecular weight excluding hydrogens is 440 g/mol. The van der Waals surface area contributed by atoms with Crippen LogP contribution in [-0.2, 0) is 23.8 Å². The molecule has 2 atom stereocenters. The van der Waals surface area contributed by atoms with Crippen LogP contribution in [0.25, 0.3) is 6.08 Å². The Labute approximate surface area is 179 Å². The zero-order valence-electron chi connectivity index (χ0n) is 16.7. The molecular formula is C21H27BrN2O5. The smallest absolute Gasteiger partial charge is 0.289 e. The van der Waals surface area contributed by atoms with Crippen LogP contribution in [0.15, 0.2) is 34.5 Å². The van der Waals surface area contributed by atoms with Gasteiger partial charge in [-0.3, -0.25) is 9.59 Å². The molecule has 1 heterocycles. The van der Waals surface area contributed by atoms with Gasteiger partial charge in [-0.15, -0.1) is 0 Å². The van der Waals surface area contributed by atoms with E-state index in [0.29, 0.717) is 0 Å². The van der Waals surface area contributed by atoms with Crippen molar-refractivity contribution in [2.45, 2.75) is 44.1 Å². The summed E-state index contributed by atoms with van der Waals surface area (Å²) in [5.74, 6) is -0.213. The second-order valence-corrected chi connectivity index (χ2v) is 8.13. The molecule has 2 fully saturated rings. The number of hydrogen-bond acceptors (Lipinski definition) is 5. The topological polar surface area (TPSA) is 77.1 Å². The Kier molecular flexibility index (Phi) is 7.69. The van der Waals surface area contributed by atoms with Crippen LogP contribution in [-0.4, -0.2) is 62.5 Å². The number of hydrogen-bond donors (Lipinski definition) is 1. The number of nitrogens with zero attached hydrogens (tertiary/aromatic N) is 1. The minimum Gasteiger partial charge on any atom is -0.482 e. The number of carbonyl (C=O) groups excluding carboxylic acids is 2. The molecule has 0 bridgehead atoms. The third-order valence-corrected chi connectivity index (χ3v) is 5.76. The predicted octanol–water partition coefficient (Wildman–Crippen LogP) is 2.70. The Morgan fingerprint density at radius 3 is 2.83 bits per heavy atom. The third kappa shape index (κ3) is 5.58. The van der Waals surface area contributed by atoms with Crippen LogP contribution < -0.4 is 5.32 Å². The molecule has 29 heavy (non-hydrogen) atoms. The van der Waals surface area contributed by atoms with Gasteiger partial charge in [-0.05, 0) is 43.0 Å². The van der Waals surface area contributed by atoms with Gasteiger partial charge in [-0.25, -0.2) is 0 Å². The highest BCUT2D eigenvalue weighted by molar-refractivity contribution is 9.10. The van der Waals surface area contributed by atoms with Crippen molar-refractivity contribution in [1.29, 1.82) is 0 Å². The van der Waals surface area contributed by atoms with Crippen molar-refractivity contribution in [3.05, 3.63) is 40.1 Å². The molecule has 0 radical (unpaired) electrons. The first kappa shape index (κ1) is 21.8. The fourth-order valence-electron chi connectivity index (χ4n) is 3.78. The van der Waals surface area contributed by atoms with Gasteiger partial charge in [0.15, 0.2) is 12.0 Å². The number of morpholine rings is 1. The van der Waals surface area contributed by atoms with Crippen LogP contribution in [0.4, 0.5) is 0 Å². The minimum atomic E-state index is -0.520. The predicted molar refractivity (Wildman–Crippen MR) is 112 cm³/mol. The van der Waals surface area contributed by atoms with Crippen molar-refractivity contribution in [1.82, 2.24) is 10.2 Å². The Bertz CT molecular complexity index is 765. The number of carbonyl (C=O) groups is 2. The van der Waals surface area contributed by atoms with Gasteiger partial charge in [0, 0.05) is 18.7 Å². The monoisotopic (exact) mass is 466 g/mol. The van der Waals surface area contributed by atoms with E-state index in [1.54, 1.807) is 11.0 Å². The molecule has 8 heteroatoms. The van der Waals surface area contributed by atoms with Crippen molar-refractivity contribution >= 4 is 33.8 Å². The molecule has 2 unspecified atom stereocenters. The van der Waals surface area contributed by atoms with Crippen molar-refractivity contribution in [2.75, 3.05) is 27.3 Å². The number of ether oxygens (including phenoxy) is 3. The van der Waals surface area contributed by atoms with Gasteiger partial charge in [0.2, 0.25) is 5.91 Å². The summed E-state index contributed by atoms with van der Waals surface area (Å²) < 4.78 is 17.2. The molecule has 1 N–H and O–H groups in total. The van der Waals surface area contributed by atoms with E-state index in [9.17, 15) is 9.59 Å². The molecule has 0 spiro atoms. The summed E-state index contributed by atoms with van der Waals surface area (Å²) in [6.45, 7) is 0.207. The number of nitrogens with one attached hydrogen (secondary N) is 1. The maximum atomic E-state index is 13.1. The zero-order valence-corrected chi connectivity index (χ0v) is 18.3. The zero-order chi connectivity index (χ0) is 20.8. The van der Waals surface area contributed by atoms with Gasteiger partial charge in [0.1, 0.15) is 12.6 Å². The molecule has 0 aromatic heterocycles. The molecule has 1 aliphatic heterocycles. The average molecular weight is 467 g/mol.